The molecule has 0 radical (unpaired) electrons. The first-order valence-corrected chi connectivity index (χ1v) is 9.40. The number of methoxy groups -OCH3 is 1. The van der Waals surface area contributed by atoms with Crippen molar-refractivity contribution in [3.8, 4) is 5.75 Å². The van der Waals surface area contributed by atoms with Crippen LogP contribution in [0.1, 0.15) is 5.56 Å². The van der Waals surface area contributed by atoms with Crippen LogP contribution in [0.15, 0.2) is 47.4 Å². The molecular weight excluding hydrogens is 320 g/mol. The lowest BCUT2D eigenvalue weighted by Gasteiger charge is -2.29. The summed E-state index contributed by atoms with van der Waals surface area (Å²) in [5.41, 5.74) is 3.59. The summed E-state index contributed by atoms with van der Waals surface area (Å²) in [5, 5.41) is 3.51. The topological polar surface area (TPSA) is 33.7 Å². The van der Waals surface area contributed by atoms with Crippen molar-refractivity contribution in [1.82, 2.24) is 0 Å². The van der Waals surface area contributed by atoms with Gasteiger partial charge in [-0.3, -0.25) is 0 Å². The van der Waals surface area contributed by atoms with Gasteiger partial charge in [0.05, 0.1) is 20.3 Å². The summed E-state index contributed by atoms with van der Waals surface area (Å²) in [6.45, 7) is 4.30. The van der Waals surface area contributed by atoms with Crippen LogP contribution in [0.2, 0.25) is 0 Å². The molecule has 1 heterocycles. The Bertz CT molecular complexity index is 672. The van der Waals surface area contributed by atoms with Crippen molar-refractivity contribution in [2.45, 2.75) is 11.4 Å². The van der Waals surface area contributed by atoms with Crippen molar-refractivity contribution in [2.75, 3.05) is 49.9 Å². The maximum atomic E-state index is 5.46. The zero-order chi connectivity index (χ0) is 16.8. The molecule has 1 aliphatic heterocycles. The van der Waals surface area contributed by atoms with Crippen LogP contribution in [-0.4, -0.2) is 39.7 Å². The highest BCUT2D eigenvalue weighted by molar-refractivity contribution is 7.98. The Morgan fingerprint density at radius 1 is 1.17 bits per heavy atom. The van der Waals surface area contributed by atoms with E-state index in [0.717, 1.165) is 49.2 Å². The summed E-state index contributed by atoms with van der Waals surface area (Å²) in [6, 6.07) is 14.9. The second kappa shape index (κ2) is 8.31. The van der Waals surface area contributed by atoms with Gasteiger partial charge in [-0.2, -0.15) is 0 Å². The molecule has 0 spiro atoms. The Labute approximate surface area is 148 Å². The van der Waals surface area contributed by atoms with Crippen LogP contribution in [0.5, 0.6) is 5.75 Å². The fourth-order valence-corrected chi connectivity index (χ4v) is 3.38. The maximum absolute atomic E-state index is 5.46. The Hall–Kier alpha value is -1.85. The summed E-state index contributed by atoms with van der Waals surface area (Å²) in [6.07, 6.45) is 2.06. The van der Waals surface area contributed by atoms with E-state index in [9.17, 15) is 0 Å². The smallest absolute Gasteiger partial charge is 0.132 e. The molecule has 2 aromatic rings. The van der Waals surface area contributed by atoms with Crippen LogP contribution < -0.4 is 15.0 Å². The highest BCUT2D eigenvalue weighted by atomic mass is 32.2. The monoisotopic (exact) mass is 344 g/mol. The number of nitrogens with one attached hydrogen (secondary N) is 1. The quantitative estimate of drug-likeness (QED) is 0.805. The van der Waals surface area contributed by atoms with Gasteiger partial charge in [0.1, 0.15) is 5.75 Å². The van der Waals surface area contributed by atoms with Crippen LogP contribution >= 0.6 is 11.8 Å². The molecule has 0 unspecified atom stereocenters. The molecule has 4 nitrogen and oxygen atoms in total. The van der Waals surface area contributed by atoms with Gasteiger partial charge in [0.25, 0.3) is 0 Å². The van der Waals surface area contributed by atoms with E-state index in [0.29, 0.717) is 0 Å². The Morgan fingerprint density at radius 3 is 2.75 bits per heavy atom. The largest absolute Gasteiger partial charge is 0.496 e. The molecule has 3 rings (SSSR count). The van der Waals surface area contributed by atoms with Gasteiger partial charge >= 0.3 is 0 Å². The average Bonchev–Trinajstić information content (AvgIpc) is 2.67. The van der Waals surface area contributed by atoms with Crippen molar-refractivity contribution >= 4 is 23.1 Å². The molecule has 0 saturated carbocycles. The lowest BCUT2D eigenvalue weighted by atomic mass is 10.2. The third-order valence-electron chi connectivity index (χ3n) is 4.17. The molecule has 0 atom stereocenters. The van der Waals surface area contributed by atoms with E-state index in [1.807, 2.05) is 0 Å². The third kappa shape index (κ3) is 4.16. The van der Waals surface area contributed by atoms with Crippen LogP contribution in [0.4, 0.5) is 11.4 Å². The lowest BCUT2D eigenvalue weighted by molar-refractivity contribution is 0.122. The first kappa shape index (κ1) is 17.0. The van der Waals surface area contributed by atoms with E-state index in [2.05, 4.69) is 58.9 Å². The standard InChI is InChI=1S/C19H24N2O2S/c1-22-18-12-15(6-7-19(18)24-2)14-20-16-4-3-5-17(13-16)21-8-10-23-11-9-21/h3-7,12-13,20H,8-11,14H2,1-2H3. The van der Waals surface area contributed by atoms with Crippen LogP contribution in [0.3, 0.4) is 0 Å². The second-order valence-electron chi connectivity index (χ2n) is 5.69. The highest BCUT2D eigenvalue weighted by Gasteiger charge is 2.11. The van der Waals surface area contributed by atoms with Crippen molar-refractivity contribution < 1.29 is 9.47 Å². The molecule has 1 aliphatic rings. The Kier molecular flexibility index (Phi) is 5.88. The van der Waals surface area contributed by atoms with Crippen LogP contribution in [-0.2, 0) is 11.3 Å². The van der Waals surface area contributed by atoms with Crippen molar-refractivity contribution in [2.24, 2.45) is 0 Å². The molecular formula is C19H24N2O2S. The number of rotatable bonds is 6. The van der Waals surface area contributed by atoms with Gasteiger partial charge in [-0.15, -0.1) is 11.8 Å². The van der Waals surface area contributed by atoms with Gasteiger partial charge in [-0.05, 0) is 42.2 Å². The SMILES string of the molecule is COc1cc(CNc2cccc(N3CCOCC3)c2)ccc1SC. The summed E-state index contributed by atoms with van der Waals surface area (Å²) >= 11 is 1.70. The molecule has 0 bridgehead atoms. The van der Waals surface area contributed by atoms with Crippen molar-refractivity contribution in [3.05, 3.63) is 48.0 Å². The number of ether oxygens (including phenoxy) is 2. The molecule has 5 heteroatoms. The zero-order valence-electron chi connectivity index (χ0n) is 14.2. The van der Waals surface area contributed by atoms with Crippen molar-refractivity contribution in [3.63, 3.8) is 0 Å². The van der Waals surface area contributed by atoms with E-state index in [1.54, 1.807) is 18.9 Å². The van der Waals surface area contributed by atoms with Crippen LogP contribution in [0, 0.1) is 0 Å². The predicted octanol–water partition coefficient (Wildman–Crippen LogP) is 3.87. The first-order valence-electron chi connectivity index (χ1n) is 8.17. The number of thioether (sulfide) groups is 1. The highest BCUT2D eigenvalue weighted by Crippen LogP contribution is 2.29. The number of nitrogens with zero attached hydrogens (tertiary/aromatic N) is 1. The Morgan fingerprint density at radius 2 is 2.00 bits per heavy atom. The molecule has 1 N–H and O–H groups in total. The fraction of sp³-hybridized carbons (Fsp3) is 0.368. The number of hydrogen-bond acceptors (Lipinski definition) is 5. The van der Waals surface area contributed by atoms with Gasteiger partial charge in [0.15, 0.2) is 0 Å². The van der Waals surface area contributed by atoms with E-state index < -0.39 is 0 Å². The van der Waals surface area contributed by atoms with E-state index in [4.69, 9.17) is 9.47 Å². The lowest BCUT2D eigenvalue weighted by Crippen LogP contribution is -2.36. The van der Waals surface area contributed by atoms with Gasteiger partial charge in [0, 0.05) is 35.9 Å². The number of hydrogen-bond donors (Lipinski definition) is 1. The molecule has 1 fully saturated rings. The number of morpholine rings is 1. The second-order valence-corrected chi connectivity index (χ2v) is 6.54. The number of anilines is 2. The average molecular weight is 344 g/mol. The van der Waals surface area contributed by atoms with E-state index >= 15 is 0 Å². The minimum absolute atomic E-state index is 0.775. The molecule has 0 amide bonds. The molecule has 1 saturated heterocycles. The predicted molar refractivity (Wildman–Crippen MR) is 102 cm³/mol. The summed E-state index contributed by atoms with van der Waals surface area (Å²) in [4.78, 5) is 3.53. The Balaban J connectivity index is 1.66. The minimum atomic E-state index is 0.775. The van der Waals surface area contributed by atoms with Crippen molar-refractivity contribution in [1.29, 1.82) is 0 Å². The fourth-order valence-electron chi connectivity index (χ4n) is 2.83. The molecule has 0 aliphatic carbocycles. The molecule has 128 valence electrons. The van der Waals surface area contributed by atoms with Crippen LogP contribution in [0.25, 0.3) is 0 Å². The normalized spacial score (nSPS) is 14.5. The van der Waals surface area contributed by atoms with Gasteiger partial charge in [0.2, 0.25) is 0 Å². The summed E-state index contributed by atoms with van der Waals surface area (Å²) in [5.74, 6) is 0.934. The maximum Gasteiger partial charge on any atom is 0.132 e. The first-order chi connectivity index (χ1) is 11.8. The van der Waals surface area contributed by atoms with Gasteiger partial charge < -0.3 is 19.7 Å². The molecule has 24 heavy (non-hydrogen) atoms. The molecule has 0 aromatic heterocycles. The zero-order valence-corrected chi connectivity index (χ0v) is 15.1. The van der Waals surface area contributed by atoms with E-state index in [1.165, 1.54) is 11.3 Å². The van der Waals surface area contributed by atoms with E-state index in [-0.39, 0.29) is 0 Å². The van der Waals surface area contributed by atoms with Gasteiger partial charge in [-0.1, -0.05) is 12.1 Å². The summed E-state index contributed by atoms with van der Waals surface area (Å²) in [7, 11) is 1.72. The summed E-state index contributed by atoms with van der Waals surface area (Å²) < 4.78 is 10.9. The number of benzene rings is 2. The third-order valence-corrected chi connectivity index (χ3v) is 4.94. The molecule has 2 aromatic carbocycles. The van der Waals surface area contributed by atoms with Gasteiger partial charge in [-0.25, -0.2) is 0 Å². The minimum Gasteiger partial charge on any atom is -0.496 e.